The van der Waals surface area contributed by atoms with Gasteiger partial charge in [0.2, 0.25) is 11.8 Å². The molecule has 0 fully saturated rings. The fourth-order valence-corrected chi connectivity index (χ4v) is 6.77. The molecule has 4 N–H and O–H groups in total. The molecule has 236 valence electrons. The van der Waals surface area contributed by atoms with Crippen molar-refractivity contribution >= 4 is 45.3 Å². The SMILES string of the molecule is CCCCCCCCCCCC(=O)N(C(=O)CCCCCCCCCCC)[C@@H](CSSC[C@H](N)C(=O)O)C(=O)O.[H-].[Na+]. The molecule has 0 aromatic heterocycles. The van der Waals surface area contributed by atoms with Gasteiger partial charge in [-0.1, -0.05) is 138 Å². The van der Waals surface area contributed by atoms with Crippen molar-refractivity contribution in [3.63, 3.8) is 0 Å². The van der Waals surface area contributed by atoms with Crippen LogP contribution < -0.4 is 35.3 Å². The second kappa shape index (κ2) is 29.8. The average molecular weight is 629 g/mol. The van der Waals surface area contributed by atoms with Gasteiger partial charge in [0.05, 0.1) is 0 Å². The molecule has 0 aliphatic carbocycles. The number of carbonyl (C=O) groups is 4. The average Bonchev–Trinajstić information content (AvgIpc) is 2.92. The summed E-state index contributed by atoms with van der Waals surface area (Å²) in [5.74, 6) is -3.12. The molecule has 0 rings (SSSR count). The van der Waals surface area contributed by atoms with Crippen molar-refractivity contribution < 1.29 is 60.4 Å². The van der Waals surface area contributed by atoms with Crippen LogP contribution in [0.25, 0.3) is 0 Å². The standard InChI is InChI=1S/C30H56N2O6S2.Na.H/c1-3-5-7-9-11-13-15-17-19-21-27(33)32(26(30(37)38)24-40-39-23-25(31)29(35)36)28(34)22-20-18-16-14-12-10-8-6-4-2;;/h25-26H,3-24,31H2,1-2H3,(H,35,36)(H,37,38);;/q;+1;-1/t25-,26-;;/m0../s1. The van der Waals surface area contributed by atoms with Crippen LogP contribution in [0.5, 0.6) is 0 Å². The van der Waals surface area contributed by atoms with E-state index in [-0.39, 0.29) is 55.3 Å². The van der Waals surface area contributed by atoms with Crippen molar-refractivity contribution in [3.05, 3.63) is 0 Å². The van der Waals surface area contributed by atoms with Crippen molar-refractivity contribution in [2.75, 3.05) is 11.5 Å². The molecular weight excluding hydrogens is 571 g/mol. The topological polar surface area (TPSA) is 138 Å². The van der Waals surface area contributed by atoms with Gasteiger partial charge in [0, 0.05) is 24.3 Å². The number of nitrogens with zero attached hydrogens (tertiary/aromatic N) is 1. The van der Waals surface area contributed by atoms with E-state index in [0.717, 1.165) is 65.0 Å². The molecule has 0 unspecified atom stereocenters. The van der Waals surface area contributed by atoms with E-state index in [2.05, 4.69) is 13.8 Å². The van der Waals surface area contributed by atoms with Gasteiger partial charge in [-0.05, 0) is 12.8 Å². The molecule has 8 nitrogen and oxygen atoms in total. The number of carboxylic acid groups (broad SMARTS) is 2. The monoisotopic (exact) mass is 628 g/mol. The third-order valence-electron chi connectivity index (χ3n) is 7.00. The second-order valence-corrected chi connectivity index (χ2v) is 13.2. The first-order valence-electron chi connectivity index (χ1n) is 15.6. The third-order valence-corrected chi connectivity index (χ3v) is 9.43. The van der Waals surface area contributed by atoms with Crippen molar-refractivity contribution in [3.8, 4) is 0 Å². The number of aliphatic carboxylic acids is 2. The van der Waals surface area contributed by atoms with Crippen LogP contribution in [0.4, 0.5) is 0 Å². The number of hydrogen-bond donors (Lipinski definition) is 3. The Hall–Kier alpha value is -0.260. The molecule has 0 aromatic rings. The Morgan fingerprint density at radius 1 is 0.610 bits per heavy atom. The van der Waals surface area contributed by atoms with Crippen molar-refractivity contribution in [2.24, 2.45) is 5.73 Å². The molecule has 0 aliphatic rings. The number of unbranched alkanes of at least 4 members (excludes halogenated alkanes) is 16. The van der Waals surface area contributed by atoms with Crippen LogP contribution in [0.15, 0.2) is 0 Å². The fourth-order valence-electron chi connectivity index (χ4n) is 4.46. The summed E-state index contributed by atoms with van der Waals surface area (Å²) < 4.78 is 0. The Morgan fingerprint density at radius 2 is 0.951 bits per heavy atom. The van der Waals surface area contributed by atoms with E-state index in [0.29, 0.717) is 12.8 Å². The van der Waals surface area contributed by atoms with Gasteiger partial charge in [-0.25, -0.2) is 4.79 Å². The zero-order valence-electron chi connectivity index (χ0n) is 27.1. The van der Waals surface area contributed by atoms with Gasteiger partial charge in [-0.3, -0.25) is 19.3 Å². The minimum absolute atomic E-state index is 0. The molecule has 2 atom stereocenters. The van der Waals surface area contributed by atoms with Gasteiger partial charge >= 0.3 is 41.5 Å². The number of amides is 2. The summed E-state index contributed by atoms with van der Waals surface area (Å²) in [4.78, 5) is 50.4. The zero-order chi connectivity index (χ0) is 30.0. The second-order valence-electron chi connectivity index (χ2n) is 10.7. The van der Waals surface area contributed by atoms with E-state index in [1.807, 2.05) is 0 Å². The predicted molar refractivity (Wildman–Crippen MR) is 169 cm³/mol. The number of carbonyl (C=O) groups excluding carboxylic acids is 2. The fraction of sp³-hybridized carbons (Fsp3) is 0.867. The smallest absolute Gasteiger partial charge is 1.00 e. The maximum Gasteiger partial charge on any atom is 1.00 e. The molecule has 0 bridgehead atoms. The number of imide groups is 1. The number of rotatable bonds is 28. The minimum atomic E-state index is -1.28. The molecule has 0 aromatic carbocycles. The zero-order valence-corrected chi connectivity index (χ0v) is 29.7. The molecule has 0 radical (unpaired) electrons. The van der Waals surface area contributed by atoms with Crippen LogP contribution >= 0.6 is 21.6 Å². The van der Waals surface area contributed by atoms with Crippen LogP contribution in [0.2, 0.25) is 0 Å². The Labute approximate surface area is 280 Å². The summed E-state index contributed by atoms with van der Waals surface area (Å²) in [5, 5.41) is 18.9. The first-order valence-corrected chi connectivity index (χ1v) is 18.0. The van der Waals surface area contributed by atoms with Crippen LogP contribution in [-0.2, 0) is 19.2 Å². The molecule has 0 saturated heterocycles. The first-order chi connectivity index (χ1) is 19.3. The van der Waals surface area contributed by atoms with Gasteiger partial charge in [-0.2, -0.15) is 0 Å². The number of nitrogens with two attached hydrogens (primary N) is 1. The predicted octanol–water partition coefficient (Wildman–Crippen LogP) is 4.55. The number of carboxylic acids is 2. The molecule has 0 saturated carbocycles. The molecule has 11 heteroatoms. The summed E-state index contributed by atoms with van der Waals surface area (Å²) in [7, 11) is 2.27. The normalized spacial score (nSPS) is 12.4. The summed E-state index contributed by atoms with van der Waals surface area (Å²) >= 11 is 0. The summed E-state index contributed by atoms with van der Waals surface area (Å²) in [6.07, 6.45) is 20.1. The van der Waals surface area contributed by atoms with Gasteiger partial charge in [0.25, 0.3) is 0 Å². The molecule has 0 aliphatic heterocycles. The molecule has 41 heavy (non-hydrogen) atoms. The maximum absolute atomic E-state index is 13.2. The first kappa shape index (κ1) is 42.9. The van der Waals surface area contributed by atoms with Crippen molar-refractivity contribution in [2.45, 2.75) is 154 Å². The van der Waals surface area contributed by atoms with Crippen LogP contribution in [0.1, 0.15) is 144 Å². The van der Waals surface area contributed by atoms with Gasteiger partial charge < -0.3 is 17.4 Å². The van der Waals surface area contributed by atoms with Gasteiger partial charge in [0.15, 0.2) is 0 Å². The minimum Gasteiger partial charge on any atom is -1.00 e. The van der Waals surface area contributed by atoms with E-state index in [9.17, 15) is 24.3 Å². The Bertz CT molecular complexity index is 675. The number of hydrogen-bond acceptors (Lipinski definition) is 7. The summed E-state index contributed by atoms with van der Waals surface area (Å²) in [5.41, 5.74) is 5.52. The van der Waals surface area contributed by atoms with E-state index < -0.39 is 35.8 Å². The largest absolute Gasteiger partial charge is 1.00 e. The van der Waals surface area contributed by atoms with Crippen LogP contribution in [-0.4, -0.2) is 62.5 Å². The Kier molecular flexibility index (Phi) is 31.2. The molecular formula is C30H57N2NaO6S2. The maximum atomic E-state index is 13.2. The summed E-state index contributed by atoms with van der Waals surface area (Å²) in [6.45, 7) is 4.39. The molecule has 0 heterocycles. The van der Waals surface area contributed by atoms with Crippen LogP contribution in [0.3, 0.4) is 0 Å². The van der Waals surface area contributed by atoms with Crippen LogP contribution in [0, 0.1) is 0 Å². The third kappa shape index (κ3) is 23.8. The summed E-state index contributed by atoms with van der Waals surface area (Å²) in [6, 6.07) is -2.34. The Morgan fingerprint density at radius 3 is 1.29 bits per heavy atom. The van der Waals surface area contributed by atoms with E-state index >= 15 is 0 Å². The van der Waals surface area contributed by atoms with Gasteiger partial charge in [-0.15, -0.1) is 0 Å². The van der Waals surface area contributed by atoms with E-state index in [4.69, 9.17) is 10.8 Å². The Balaban J connectivity index is -0.00000760. The van der Waals surface area contributed by atoms with Crippen molar-refractivity contribution in [1.29, 1.82) is 0 Å². The van der Waals surface area contributed by atoms with E-state index in [1.165, 1.54) is 64.2 Å². The van der Waals surface area contributed by atoms with E-state index in [1.54, 1.807) is 0 Å². The quantitative estimate of drug-likeness (QED) is 0.0647. The molecule has 0 spiro atoms. The van der Waals surface area contributed by atoms with Crippen molar-refractivity contribution in [1.82, 2.24) is 4.90 Å². The van der Waals surface area contributed by atoms with Gasteiger partial charge in [0.1, 0.15) is 12.1 Å². The molecule has 2 amide bonds.